The number of hydrazine groups is 1. The number of anilines is 1. The van der Waals surface area contributed by atoms with Crippen LogP contribution in [0.3, 0.4) is 0 Å². The molecule has 0 aliphatic rings. The van der Waals surface area contributed by atoms with Crippen molar-refractivity contribution >= 4 is 22.1 Å². The fourth-order valence-electron chi connectivity index (χ4n) is 0.979. The monoisotopic (exact) mass is 219 g/mol. The van der Waals surface area contributed by atoms with Gasteiger partial charge in [0, 0.05) is 7.05 Å². The van der Waals surface area contributed by atoms with Crippen LogP contribution < -0.4 is 16.0 Å². The summed E-state index contributed by atoms with van der Waals surface area (Å²) in [6.45, 7) is 0. The van der Waals surface area contributed by atoms with Crippen LogP contribution in [-0.2, 0) is 21.9 Å². The van der Waals surface area contributed by atoms with E-state index in [1.807, 2.05) is 0 Å². The number of aromatic nitrogens is 2. The summed E-state index contributed by atoms with van der Waals surface area (Å²) in [6.07, 6.45) is 1.39. The number of aryl methyl sites for hydroxylation is 1. The van der Waals surface area contributed by atoms with Crippen LogP contribution >= 0.6 is 0 Å². The fourth-order valence-corrected chi connectivity index (χ4v) is 1.84. The predicted octanol–water partition coefficient (Wildman–Crippen LogP) is -2.10. The lowest BCUT2D eigenvalue weighted by molar-refractivity contribution is -0.107. The van der Waals surface area contributed by atoms with Gasteiger partial charge >= 0.3 is 0 Å². The Morgan fingerprint density at radius 1 is 1.64 bits per heavy atom. The average Bonchev–Trinajstić information content (AvgIpc) is 2.44. The smallest absolute Gasteiger partial charge is 0.257 e. The van der Waals surface area contributed by atoms with Crippen molar-refractivity contribution in [1.82, 2.24) is 9.78 Å². The molecule has 9 heteroatoms. The number of carbonyl (C=O) groups excluding carboxylic acids is 1. The predicted molar refractivity (Wildman–Crippen MR) is 47.3 cm³/mol. The molecule has 8 nitrogen and oxygen atoms in total. The Hall–Kier alpha value is -1.45. The van der Waals surface area contributed by atoms with Gasteiger partial charge in [-0.1, -0.05) is 0 Å². The maximum atomic E-state index is 11.1. The Kier molecular flexibility index (Phi) is 2.55. The number of hydrogen-bond donors (Lipinski definition) is 2. The van der Waals surface area contributed by atoms with Crippen molar-refractivity contribution in [3.8, 4) is 0 Å². The lowest BCUT2D eigenvalue weighted by Crippen LogP contribution is -2.31. The van der Waals surface area contributed by atoms with E-state index in [-0.39, 0.29) is 17.1 Å². The third-order valence-corrected chi connectivity index (χ3v) is 2.54. The summed E-state index contributed by atoms with van der Waals surface area (Å²) in [4.78, 5) is 10.3. The normalized spacial score (nSPS) is 11.4. The van der Waals surface area contributed by atoms with Gasteiger partial charge in [0.05, 0.1) is 6.20 Å². The summed E-state index contributed by atoms with van der Waals surface area (Å²) >= 11 is 0. The zero-order valence-corrected chi connectivity index (χ0v) is 8.10. The minimum absolute atomic E-state index is 0.0648. The molecule has 0 atom stereocenters. The van der Waals surface area contributed by atoms with Crippen LogP contribution in [0, 0.1) is 0 Å². The third kappa shape index (κ3) is 1.73. The van der Waals surface area contributed by atoms with Crippen molar-refractivity contribution in [3.05, 3.63) is 6.20 Å². The second kappa shape index (κ2) is 3.36. The van der Waals surface area contributed by atoms with Gasteiger partial charge in [-0.25, -0.2) is 24.4 Å². The van der Waals surface area contributed by atoms with Crippen molar-refractivity contribution in [3.63, 3.8) is 0 Å². The van der Waals surface area contributed by atoms with E-state index in [4.69, 9.17) is 11.0 Å². The van der Waals surface area contributed by atoms with Crippen LogP contribution in [-0.4, -0.2) is 24.6 Å². The molecule has 0 bridgehead atoms. The molecule has 1 amide bonds. The number of amides is 1. The molecule has 0 saturated carbocycles. The summed E-state index contributed by atoms with van der Waals surface area (Å²) in [6, 6.07) is 0. The molecule has 4 N–H and O–H groups in total. The summed E-state index contributed by atoms with van der Waals surface area (Å²) in [5.74, 6) is 5.20. The number of primary sulfonamides is 1. The van der Waals surface area contributed by atoms with Gasteiger partial charge in [-0.15, -0.1) is 0 Å². The van der Waals surface area contributed by atoms with Gasteiger partial charge in [0.15, 0.2) is 5.03 Å². The number of rotatable bonds is 3. The molecule has 0 aliphatic carbocycles. The van der Waals surface area contributed by atoms with Gasteiger partial charge in [-0.05, 0) is 0 Å². The summed E-state index contributed by atoms with van der Waals surface area (Å²) in [5, 5.41) is 8.81. The van der Waals surface area contributed by atoms with Gasteiger partial charge in [-0.3, -0.25) is 9.48 Å². The molecule has 0 aliphatic heterocycles. The number of sulfonamides is 1. The number of carbonyl (C=O) groups is 1. The largest absolute Gasteiger partial charge is 0.277 e. The van der Waals surface area contributed by atoms with Crippen LogP contribution in [0.15, 0.2) is 11.2 Å². The molecule has 0 saturated heterocycles. The van der Waals surface area contributed by atoms with Crippen molar-refractivity contribution < 1.29 is 13.2 Å². The highest BCUT2D eigenvalue weighted by atomic mass is 32.2. The first-order chi connectivity index (χ1) is 6.38. The molecular formula is C5H9N5O3S. The second-order valence-electron chi connectivity index (χ2n) is 2.52. The molecule has 1 heterocycles. The summed E-state index contributed by atoms with van der Waals surface area (Å²) in [7, 11) is -2.58. The van der Waals surface area contributed by atoms with Gasteiger partial charge < -0.3 is 0 Å². The average molecular weight is 219 g/mol. The molecule has 0 spiro atoms. The van der Waals surface area contributed by atoms with E-state index in [9.17, 15) is 13.2 Å². The number of hydrogen-bond acceptors (Lipinski definition) is 5. The Labute approximate surface area is 80.1 Å². The van der Waals surface area contributed by atoms with E-state index in [0.29, 0.717) is 5.01 Å². The van der Waals surface area contributed by atoms with Gasteiger partial charge in [0.25, 0.3) is 10.0 Å². The van der Waals surface area contributed by atoms with E-state index < -0.39 is 10.0 Å². The number of nitrogens with two attached hydrogens (primary N) is 2. The first-order valence-corrected chi connectivity index (χ1v) is 4.96. The van der Waals surface area contributed by atoms with Crippen molar-refractivity contribution in [2.24, 2.45) is 18.0 Å². The first kappa shape index (κ1) is 10.6. The van der Waals surface area contributed by atoms with Crippen molar-refractivity contribution in [2.75, 3.05) is 5.01 Å². The highest BCUT2D eigenvalue weighted by molar-refractivity contribution is 7.89. The van der Waals surface area contributed by atoms with Gasteiger partial charge in [-0.2, -0.15) is 5.10 Å². The maximum Gasteiger partial charge on any atom is 0.257 e. The van der Waals surface area contributed by atoms with E-state index in [1.165, 1.54) is 7.05 Å². The second-order valence-corrected chi connectivity index (χ2v) is 3.99. The van der Waals surface area contributed by atoms with Crippen LogP contribution in [0.5, 0.6) is 0 Å². The molecule has 0 fully saturated rings. The Bertz CT molecular complexity index is 450. The highest BCUT2D eigenvalue weighted by Gasteiger charge is 2.22. The minimum Gasteiger partial charge on any atom is -0.277 e. The third-order valence-electron chi connectivity index (χ3n) is 1.53. The molecule has 14 heavy (non-hydrogen) atoms. The highest BCUT2D eigenvalue weighted by Crippen LogP contribution is 2.19. The van der Waals surface area contributed by atoms with Crippen LogP contribution in [0.25, 0.3) is 0 Å². The zero-order chi connectivity index (χ0) is 10.9. The number of nitrogens with zero attached hydrogens (tertiary/aromatic N) is 3. The Morgan fingerprint density at radius 3 is 2.64 bits per heavy atom. The molecular weight excluding hydrogens is 210 g/mol. The Morgan fingerprint density at radius 2 is 2.21 bits per heavy atom. The molecule has 0 aromatic carbocycles. The Balaban J connectivity index is 3.41. The van der Waals surface area contributed by atoms with Crippen LogP contribution in [0.4, 0.5) is 5.69 Å². The lowest BCUT2D eigenvalue weighted by atomic mass is 10.5. The maximum absolute atomic E-state index is 11.1. The van der Waals surface area contributed by atoms with Crippen LogP contribution in [0.1, 0.15) is 0 Å². The minimum atomic E-state index is -3.96. The quantitative estimate of drug-likeness (QED) is 0.261. The van der Waals surface area contributed by atoms with Crippen molar-refractivity contribution in [1.29, 1.82) is 0 Å². The first-order valence-electron chi connectivity index (χ1n) is 3.42. The van der Waals surface area contributed by atoms with Crippen LogP contribution in [0.2, 0.25) is 0 Å². The van der Waals surface area contributed by atoms with E-state index in [2.05, 4.69) is 5.10 Å². The van der Waals surface area contributed by atoms with Gasteiger partial charge in [0.1, 0.15) is 5.69 Å². The molecule has 78 valence electrons. The molecule has 0 radical (unpaired) electrons. The van der Waals surface area contributed by atoms with E-state index in [1.54, 1.807) is 0 Å². The summed E-state index contributed by atoms with van der Waals surface area (Å²) < 4.78 is 23.2. The van der Waals surface area contributed by atoms with Gasteiger partial charge in [0.2, 0.25) is 6.41 Å². The van der Waals surface area contributed by atoms with Crippen molar-refractivity contribution in [2.45, 2.75) is 5.03 Å². The SMILES string of the molecule is Cn1ncc(N(N)C=O)c1S(N)(=O)=O. The standard InChI is InChI=1S/C5H9N5O3S/c1-9-5(14(7,12)13)4(2-8-9)10(6)3-11/h2-3H,6H2,1H3,(H2,7,12,13). The zero-order valence-electron chi connectivity index (χ0n) is 7.28. The molecule has 1 aromatic rings. The van der Waals surface area contributed by atoms with E-state index in [0.717, 1.165) is 10.9 Å². The molecule has 1 aromatic heterocycles. The molecule has 0 unspecified atom stereocenters. The van der Waals surface area contributed by atoms with E-state index >= 15 is 0 Å². The fraction of sp³-hybridized carbons (Fsp3) is 0.200. The molecule has 1 rings (SSSR count). The summed E-state index contributed by atoms with van der Waals surface area (Å²) in [5.41, 5.74) is -0.0648. The topological polar surface area (TPSA) is 124 Å². The lowest BCUT2D eigenvalue weighted by Gasteiger charge is -2.09.